The van der Waals surface area contributed by atoms with E-state index in [2.05, 4.69) is 12.0 Å². The maximum absolute atomic E-state index is 12.0. The second kappa shape index (κ2) is 9.02. The molecule has 134 valence electrons. The maximum atomic E-state index is 12.0. The largest absolute Gasteiger partial charge is 0.461 e. The third-order valence-corrected chi connectivity index (χ3v) is 3.00. The normalized spacial score (nSPS) is 11.7. The first-order valence-electron chi connectivity index (χ1n) is 6.93. The first kappa shape index (κ1) is 21.6. The van der Waals surface area contributed by atoms with Gasteiger partial charge >= 0.3 is 19.7 Å². The van der Waals surface area contributed by atoms with Crippen LogP contribution in [0.15, 0.2) is 12.2 Å². The molecule has 0 aliphatic heterocycles. The van der Waals surface area contributed by atoms with Crippen molar-refractivity contribution < 1.29 is 33.4 Å². The molecule has 0 unspecified atom stereocenters. The van der Waals surface area contributed by atoms with Crippen LogP contribution < -0.4 is 5.43 Å². The Morgan fingerprint density at radius 3 is 2.30 bits per heavy atom. The molecular formula is C13H25N2O7P. The SMILES string of the molecule is C=C(C)C(=O)OCCNN(CCP(=O)(O)O)C(=O)OC(C)(C)C. The summed E-state index contributed by atoms with van der Waals surface area (Å²) in [6, 6.07) is 0. The number of hydrazine groups is 1. The number of esters is 1. The maximum Gasteiger partial charge on any atom is 0.424 e. The van der Waals surface area contributed by atoms with Crippen LogP contribution in [0.3, 0.4) is 0 Å². The van der Waals surface area contributed by atoms with Crippen LogP contribution in [0.1, 0.15) is 27.7 Å². The molecule has 0 spiro atoms. The van der Waals surface area contributed by atoms with Gasteiger partial charge in [0.15, 0.2) is 0 Å². The number of rotatable bonds is 8. The van der Waals surface area contributed by atoms with Crippen LogP contribution in [0, 0.1) is 0 Å². The standard InChI is InChI=1S/C13H25N2O7P/c1-10(2)11(16)21-8-6-14-15(7-9-23(18,19)20)12(17)22-13(3,4)5/h14H,1,6-9H2,2-5H3,(H2,18,19,20). The average molecular weight is 352 g/mol. The second-order valence-corrected chi connectivity index (χ2v) is 7.62. The summed E-state index contributed by atoms with van der Waals surface area (Å²) in [4.78, 5) is 41.0. The van der Waals surface area contributed by atoms with Crippen molar-refractivity contribution in [1.29, 1.82) is 0 Å². The first-order valence-corrected chi connectivity index (χ1v) is 8.73. The highest BCUT2D eigenvalue weighted by atomic mass is 31.2. The molecule has 3 N–H and O–H groups in total. The first-order chi connectivity index (χ1) is 10.3. The Kier molecular flexibility index (Phi) is 8.47. The van der Waals surface area contributed by atoms with E-state index in [-0.39, 0.29) is 25.3 Å². The van der Waals surface area contributed by atoms with Crippen LogP contribution in [-0.4, -0.2) is 58.3 Å². The van der Waals surface area contributed by atoms with E-state index in [1.54, 1.807) is 20.8 Å². The van der Waals surface area contributed by atoms with Crippen LogP contribution >= 0.6 is 7.60 Å². The summed E-state index contributed by atoms with van der Waals surface area (Å²) in [6.07, 6.45) is -1.30. The molecule has 0 aromatic carbocycles. The summed E-state index contributed by atoms with van der Waals surface area (Å²) in [6.45, 7) is 9.70. The van der Waals surface area contributed by atoms with Gasteiger partial charge in [-0.3, -0.25) is 4.57 Å². The van der Waals surface area contributed by atoms with Crippen molar-refractivity contribution in [3.8, 4) is 0 Å². The van der Waals surface area contributed by atoms with Crippen molar-refractivity contribution in [2.45, 2.75) is 33.3 Å². The van der Waals surface area contributed by atoms with Crippen molar-refractivity contribution >= 4 is 19.7 Å². The van der Waals surface area contributed by atoms with Gasteiger partial charge in [0.25, 0.3) is 0 Å². The van der Waals surface area contributed by atoms with Gasteiger partial charge in [-0.1, -0.05) is 6.58 Å². The molecule has 0 bridgehead atoms. The number of nitrogens with one attached hydrogen (secondary N) is 1. The lowest BCUT2D eigenvalue weighted by Crippen LogP contribution is -2.48. The van der Waals surface area contributed by atoms with E-state index in [0.717, 1.165) is 5.01 Å². The van der Waals surface area contributed by atoms with E-state index < -0.39 is 31.4 Å². The Morgan fingerprint density at radius 1 is 1.30 bits per heavy atom. The summed E-state index contributed by atoms with van der Waals surface area (Å²) in [7, 11) is -4.26. The number of ether oxygens (including phenoxy) is 2. The molecule has 0 saturated heterocycles. The summed E-state index contributed by atoms with van der Waals surface area (Å²) < 4.78 is 20.9. The van der Waals surface area contributed by atoms with Crippen molar-refractivity contribution in [2.24, 2.45) is 0 Å². The van der Waals surface area contributed by atoms with Crippen molar-refractivity contribution in [2.75, 3.05) is 25.9 Å². The van der Waals surface area contributed by atoms with Gasteiger partial charge in [-0.15, -0.1) is 0 Å². The molecule has 0 radical (unpaired) electrons. The lowest BCUT2D eigenvalue weighted by atomic mass is 10.2. The molecule has 9 nitrogen and oxygen atoms in total. The third kappa shape index (κ3) is 11.8. The summed E-state index contributed by atoms with van der Waals surface area (Å²) >= 11 is 0. The topological polar surface area (TPSA) is 125 Å². The molecule has 0 rings (SSSR count). The minimum atomic E-state index is -4.26. The van der Waals surface area contributed by atoms with Gasteiger partial charge < -0.3 is 19.3 Å². The molecule has 0 fully saturated rings. The van der Waals surface area contributed by atoms with Crippen molar-refractivity contribution in [3.63, 3.8) is 0 Å². The minimum absolute atomic E-state index is 0.0408. The quantitative estimate of drug-likeness (QED) is 0.194. The zero-order chi connectivity index (χ0) is 18.3. The Hall–Kier alpha value is -1.41. The zero-order valence-corrected chi connectivity index (χ0v) is 14.8. The van der Waals surface area contributed by atoms with E-state index in [1.807, 2.05) is 0 Å². The predicted octanol–water partition coefficient (Wildman–Crippen LogP) is 1.03. The highest BCUT2D eigenvalue weighted by Crippen LogP contribution is 2.33. The zero-order valence-electron chi connectivity index (χ0n) is 13.9. The van der Waals surface area contributed by atoms with Crippen LogP contribution in [0.4, 0.5) is 4.79 Å². The Balaban J connectivity index is 4.54. The Labute approximate surface area is 135 Å². The molecule has 0 atom stereocenters. The van der Waals surface area contributed by atoms with Gasteiger partial charge in [0.05, 0.1) is 12.7 Å². The lowest BCUT2D eigenvalue weighted by molar-refractivity contribution is -0.138. The molecule has 0 heterocycles. The molecule has 1 amide bonds. The number of carbonyl (C=O) groups excluding carboxylic acids is 2. The molecule has 0 aliphatic rings. The van der Waals surface area contributed by atoms with E-state index in [1.165, 1.54) is 6.92 Å². The van der Waals surface area contributed by atoms with Gasteiger partial charge in [-0.2, -0.15) is 0 Å². The van der Waals surface area contributed by atoms with Crippen molar-refractivity contribution in [1.82, 2.24) is 10.4 Å². The smallest absolute Gasteiger partial charge is 0.424 e. The monoisotopic (exact) mass is 352 g/mol. The fourth-order valence-electron chi connectivity index (χ4n) is 1.23. The van der Waals surface area contributed by atoms with Crippen LogP contribution in [0.25, 0.3) is 0 Å². The lowest BCUT2D eigenvalue weighted by Gasteiger charge is -2.27. The fraction of sp³-hybridized carbons (Fsp3) is 0.692. The molecule has 0 aromatic heterocycles. The van der Waals surface area contributed by atoms with Crippen LogP contribution in [0.2, 0.25) is 0 Å². The number of nitrogens with zero attached hydrogens (tertiary/aromatic N) is 1. The van der Waals surface area contributed by atoms with Gasteiger partial charge in [-0.05, 0) is 27.7 Å². The Morgan fingerprint density at radius 2 is 1.87 bits per heavy atom. The van der Waals surface area contributed by atoms with E-state index in [0.29, 0.717) is 0 Å². The third-order valence-electron chi connectivity index (χ3n) is 2.22. The molecule has 10 heteroatoms. The number of hydrogen-bond acceptors (Lipinski definition) is 6. The molecule has 0 aliphatic carbocycles. The highest BCUT2D eigenvalue weighted by molar-refractivity contribution is 7.51. The number of hydrogen-bond donors (Lipinski definition) is 3. The summed E-state index contributed by atoms with van der Waals surface area (Å²) in [5, 5.41) is 0.943. The van der Waals surface area contributed by atoms with Gasteiger partial charge in [-0.25, -0.2) is 20.0 Å². The van der Waals surface area contributed by atoms with E-state index in [9.17, 15) is 14.2 Å². The second-order valence-electron chi connectivity index (χ2n) is 5.84. The molecule has 0 saturated carbocycles. The highest BCUT2D eigenvalue weighted by Gasteiger charge is 2.24. The number of carbonyl (C=O) groups is 2. The van der Waals surface area contributed by atoms with Gasteiger partial charge in [0.1, 0.15) is 12.2 Å². The minimum Gasteiger partial charge on any atom is -0.461 e. The van der Waals surface area contributed by atoms with Gasteiger partial charge in [0, 0.05) is 12.1 Å². The van der Waals surface area contributed by atoms with Gasteiger partial charge in [0.2, 0.25) is 0 Å². The molecular weight excluding hydrogens is 327 g/mol. The summed E-state index contributed by atoms with van der Waals surface area (Å²) in [5.41, 5.74) is 2.11. The Bertz CT molecular complexity index is 481. The molecule has 0 aromatic rings. The summed E-state index contributed by atoms with van der Waals surface area (Å²) in [5.74, 6) is -0.564. The van der Waals surface area contributed by atoms with E-state index in [4.69, 9.17) is 19.3 Å². The number of amides is 1. The van der Waals surface area contributed by atoms with Crippen molar-refractivity contribution in [3.05, 3.63) is 12.2 Å². The predicted molar refractivity (Wildman–Crippen MR) is 83.6 cm³/mol. The van der Waals surface area contributed by atoms with Crippen LogP contribution in [-0.2, 0) is 18.8 Å². The van der Waals surface area contributed by atoms with Crippen LogP contribution in [0.5, 0.6) is 0 Å². The van der Waals surface area contributed by atoms with E-state index >= 15 is 0 Å². The fourth-order valence-corrected chi connectivity index (χ4v) is 1.69. The molecule has 23 heavy (non-hydrogen) atoms. The average Bonchev–Trinajstić information content (AvgIpc) is 2.33.